The van der Waals surface area contributed by atoms with Gasteiger partial charge >= 0.3 is 6.18 Å². The van der Waals surface area contributed by atoms with Gasteiger partial charge in [-0.15, -0.1) is 0 Å². The van der Waals surface area contributed by atoms with E-state index in [9.17, 15) is 27.9 Å². The predicted molar refractivity (Wildman–Crippen MR) is 106 cm³/mol. The maximum Gasteiger partial charge on any atom is 0.416 e. The van der Waals surface area contributed by atoms with Gasteiger partial charge in [0.15, 0.2) is 0 Å². The van der Waals surface area contributed by atoms with E-state index in [2.05, 4.69) is 5.32 Å². The highest BCUT2D eigenvalue weighted by Gasteiger charge is 2.35. The summed E-state index contributed by atoms with van der Waals surface area (Å²) in [5.74, 6) is -0.660. The van der Waals surface area contributed by atoms with Gasteiger partial charge in [0.1, 0.15) is 5.75 Å². The zero-order valence-electron chi connectivity index (χ0n) is 16.9. The molecule has 0 radical (unpaired) electrons. The van der Waals surface area contributed by atoms with Crippen molar-refractivity contribution in [2.24, 2.45) is 5.92 Å². The van der Waals surface area contributed by atoms with Gasteiger partial charge in [0.25, 0.3) is 0 Å². The Morgan fingerprint density at radius 3 is 2.61 bits per heavy atom. The number of carbonyl (C=O) groups is 2. The summed E-state index contributed by atoms with van der Waals surface area (Å²) in [5, 5.41) is 12.9. The molecule has 1 aliphatic rings. The van der Waals surface area contributed by atoms with E-state index >= 15 is 0 Å². The van der Waals surface area contributed by atoms with Crippen LogP contribution in [0, 0.1) is 5.92 Å². The largest absolute Gasteiger partial charge is 0.497 e. The van der Waals surface area contributed by atoms with Crippen LogP contribution in [0.2, 0.25) is 0 Å². The Hall–Kier alpha value is -3.07. The van der Waals surface area contributed by atoms with Crippen LogP contribution in [0.3, 0.4) is 0 Å². The second kappa shape index (κ2) is 9.38. The number of aliphatic hydroxyl groups is 1. The highest BCUT2D eigenvalue weighted by molar-refractivity contribution is 5.89. The standard InChI is InChI=1S/C22H23F3N2O4/c1-31-18-7-5-15(6-8-18)19(28)11-26-21(30)16-10-20(29)27(13-16)12-14-3-2-4-17(9-14)22(23,24)25/h2-9,16,19,28H,10-13H2,1H3,(H,26,30). The number of nitrogens with one attached hydrogen (secondary N) is 1. The van der Waals surface area contributed by atoms with Crippen LogP contribution in [0.25, 0.3) is 0 Å². The lowest BCUT2D eigenvalue weighted by Crippen LogP contribution is -2.35. The number of alkyl halides is 3. The molecule has 1 fully saturated rings. The zero-order chi connectivity index (χ0) is 22.6. The highest BCUT2D eigenvalue weighted by atomic mass is 19.4. The van der Waals surface area contributed by atoms with Crippen LogP contribution in [-0.2, 0) is 22.3 Å². The SMILES string of the molecule is COc1ccc(C(O)CNC(=O)C2CC(=O)N(Cc3cccc(C(F)(F)F)c3)C2)cc1. The fourth-order valence-electron chi connectivity index (χ4n) is 3.45. The fourth-order valence-corrected chi connectivity index (χ4v) is 3.45. The Bertz CT molecular complexity index is 931. The van der Waals surface area contributed by atoms with E-state index in [0.29, 0.717) is 16.9 Å². The van der Waals surface area contributed by atoms with E-state index in [4.69, 9.17) is 4.74 Å². The predicted octanol–water partition coefficient (Wildman–Crippen LogP) is 2.91. The van der Waals surface area contributed by atoms with Gasteiger partial charge in [-0.3, -0.25) is 9.59 Å². The minimum Gasteiger partial charge on any atom is -0.497 e. The molecule has 2 unspecified atom stereocenters. The highest BCUT2D eigenvalue weighted by Crippen LogP contribution is 2.30. The van der Waals surface area contributed by atoms with Crippen molar-refractivity contribution in [1.82, 2.24) is 10.2 Å². The summed E-state index contributed by atoms with van der Waals surface area (Å²) in [5.41, 5.74) is 0.174. The van der Waals surface area contributed by atoms with Crippen molar-refractivity contribution in [3.8, 4) is 5.75 Å². The number of aliphatic hydroxyl groups excluding tert-OH is 1. The normalized spacial score (nSPS) is 17.5. The number of amides is 2. The number of likely N-dealkylation sites (tertiary alicyclic amines) is 1. The van der Waals surface area contributed by atoms with Crippen LogP contribution in [-0.4, -0.2) is 42.0 Å². The summed E-state index contributed by atoms with van der Waals surface area (Å²) in [7, 11) is 1.53. The van der Waals surface area contributed by atoms with Gasteiger partial charge in [-0.05, 0) is 35.4 Å². The lowest BCUT2D eigenvalue weighted by molar-refractivity contribution is -0.137. The molecule has 0 saturated carbocycles. The molecule has 0 bridgehead atoms. The molecular formula is C22H23F3N2O4. The Morgan fingerprint density at radius 1 is 1.26 bits per heavy atom. The number of rotatable bonds is 7. The third kappa shape index (κ3) is 5.75. The molecule has 0 aromatic heterocycles. The van der Waals surface area contributed by atoms with Crippen LogP contribution < -0.4 is 10.1 Å². The molecule has 31 heavy (non-hydrogen) atoms. The van der Waals surface area contributed by atoms with Crippen molar-refractivity contribution < 1.29 is 32.6 Å². The Kier molecular flexibility index (Phi) is 6.84. The van der Waals surface area contributed by atoms with Crippen molar-refractivity contribution >= 4 is 11.8 Å². The fraction of sp³-hybridized carbons (Fsp3) is 0.364. The molecule has 1 heterocycles. The van der Waals surface area contributed by atoms with Crippen molar-refractivity contribution in [3.05, 3.63) is 65.2 Å². The molecule has 2 amide bonds. The average Bonchev–Trinajstić information content (AvgIpc) is 3.11. The summed E-state index contributed by atoms with van der Waals surface area (Å²) in [6, 6.07) is 11.6. The minimum absolute atomic E-state index is 0.000999. The number of methoxy groups -OCH3 is 1. The van der Waals surface area contributed by atoms with E-state index in [1.807, 2.05) is 0 Å². The van der Waals surface area contributed by atoms with E-state index in [-0.39, 0.29) is 37.9 Å². The Balaban J connectivity index is 1.54. The summed E-state index contributed by atoms with van der Waals surface area (Å²) in [6.45, 7) is 0.0873. The van der Waals surface area contributed by atoms with Gasteiger partial charge in [0.05, 0.1) is 24.7 Å². The molecule has 2 atom stereocenters. The van der Waals surface area contributed by atoms with Crippen LogP contribution in [0.1, 0.15) is 29.2 Å². The topological polar surface area (TPSA) is 78.9 Å². The third-order valence-corrected chi connectivity index (χ3v) is 5.18. The Labute approximate surface area is 177 Å². The van der Waals surface area contributed by atoms with Gasteiger partial charge < -0.3 is 20.1 Å². The number of benzene rings is 2. The molecule has 2 aromatic rings. The van der Waals surface area contributed by atoms with Crippen molar-refractivity contribution in [1.29, 1.82) is 0 Å². The van der Waals surface area contributed by atoms with Gasteiger partial charge in [-0.1, -0.05) is 24.3 Å². The second-order valence-corrected chi connectivity index (χ2v) is 7.41. The summed E-state index contributed by atoms with van der Waals surface area (Å²) >= 11 is 0. The van der Waals surface area contributed by atoms with Gasteiger partial charge in [0, 0.05) is 26.1 Å². The molecule has 1 saturated heterocycles. The molecule has 166 valence electrons. The number of ether oxygens (including phenoxy) is 1. The molecule has 3 rings (SSSR count). The minimum atomic E-state index is -4.46. The number of hydrogen-bond acceptors (Lipinski definition) is 4. The first kappa shape index (κ1) is 22.6. The van der Waals surface area contributed by atoms with E-state index in [1.54, 1.807) is 24.3 Å². The maximum atomic E-state index is 12.9. The third-order valence-electron chi connectivity index (χ3n) is 5.18. The van der Waals surface area contributed by atoms with Crippen LogP contribution in [0.5, 0.6) is 5.75 Å². The first-order valence-corrected chi connectivity index (χ1v) is 9.71. The van der Waals surface area contributed by atoms with Crippen LogP contribution in [0.15, 0.2) is 48.5 Å². The summed E-state index contributed by atoms with van der Waals surface area (Å²) in [6.07, 6.45) is -5.41. The van der Waals surface area contributed by atoms with E-state index in [0.717, 1.165) is 12.1 Å². The molecular weight excluding hydrogens is 413 g/mol. The van der Waals surface area contributed by atoms with E-state index in [1.165, 1.54) is 24.1 Å². The molecule has 2 aromatic carbocycles. The van der Waals surface area contributed by atoms with Gasteiger partial charge in [-0.25, -0.2) is 0 Å². The monoisotopic (exact) mass is 436 g/mol. The van der Waals surface area contributed by atoms with Gasteiger partial charge in [0.2, 0.25) is 11.8 Å². The molecule has 1 aliphatic heterocycles. The Morgan fingerprint density at radius 2 is 1.97 bits per heavy atom. The first-order valence-electron chi connectivity index (χ1n) is 9.71. The molecule has 0 aliphatic carbocycles. The first-order chi connectivity index (χ1) is 14.7. The summed E-state index contributed by atoms with van der Waals surface area (Å²) in [4.78, 5) is 26.1. The molecule has 9 heteroatoms. The molecule has 0 spiro atoms. The number of halogens is 3. The summed E-state index contributed by atoms with van der Waals surface area (Å²) < 4.78 is 43.7. The van der Waals surface area contributed by atoms with E-state index < -0.39 is 23.8 Å². The molecule has 6 nitrogen and oxygen atoms in total. The lowest BCUT2D eigenvalue weighted by Gasteiger charge is -2.18. The van der Waals surface area contributed by atoms with Crippen molar-refractivity contribution in [3.63, 3.8) is 0 Å². The van der Waals surface area contributed by atoms with Crippen LogP contribution >= 0.6 is 0 Å². The number of carbonyl (C=O) groups excluding carboxylic acids is 2. The number of hydrogen-bond donors (Lipinski definition) is 2. The smallest absolute Gasteiger partial charge is 0.416 e. The molecule has 2 N–H and O–H groups in total. The van der Waals surface area contributed by atoms with Gasteiger partial charge in [-0.2, -0.15) is 13.2 Å². The quantitative estimate of drug-likeness (QED) is 0.700. The lowest BCUT2D eigenvalue weighted by atomic mass is 10.1. The second-order valence-electron chi connectivity index (χ2n) is 7.41. The van der Waals surface area contributed by atoms with Crippen LogP contribution in [0.4, 0.5) is 13.2 Å². The zero-order valence-corrected chi connectivity index (χ0v) is 16.9. The van der Waals surface area contributed by atoms with Crippen molar-refractivity contribution in [2.75, 3.05) is 20.2 Å². The number of nitrogens with zero attached hydrogens (tertiary/aromatic N) is 1. The average molecular weight is 436 g/mol. The van der Waals surface area contributed by atoms with Crippen molar-refractivity contribution in [2.45, 2.75) is 25.2 Å². The maximum absolute atomic E-state index is 12.9.